The van der Waals surface area contributed by atoms with E-state index in [4.69, 9.17) is 0 Å². The fraction of sp³-hybridized carbons (Fsp3) is 0.176. The Morgan fingerprint density at radius 3 is 1.02 bits per heavy atom. The zero-order chi connectivity index (χ0) is 29.1. The second-order valence-corrected chi connectivity index (χ2v) is 11.0. The summed E-state index contributed by atoms with van der Waals surface area (Å²) in [5.74, 6) is -1.19. The minimum atomic E-state index is -0.281. The first kappa shape index (κ1) is 26.0. The van der Waals surface area contributed by atoms with Gasteiger partial charge in [-0.1, -0.05) is 48.5 Å². The van der Waals surface area contributed by atoms with Gasteiger partial charge in [-0.15, -0.1) is 0 Å². The normalized spacial score (nSPS) is 23.4. The molecule has 8 rings (SSSR count). The first-order chi connectivity index (χ1) is 20.3. The summed E-state index contributed by atoms with van der Waals surface area (Å²) in [5.41, 5.74) is 3.86. The van der Waals surface area contributed by atoms with Crippen LogP contribution in [0.5, 0.6) is 0 Å². The van der Waals surface area contributed by atoms with Gasteiger partial charge in [0.2, 0.25) is 0 Å². The quantitative estimate of drug-likeness (QED) is 0.288. The predicted molar refractivity (Wildman–Crippen MR) is 149 cm³/mol. The molecule has 0 bridgehead atoms. The van der Waals surface area contributed by atoms with Crippen LogP contribution in [0.3, 0.4) is 0 Å². The highest BCUT2D eigenvalue weighted by molar-refractivity contribution is 6.22. The lowest BCUT2D eigenvalue weighted by Gasteiger charge is -2.13. The number of imide groups is 2. The smallest absolute Gasteiger partial charge is 0.261 e. The van der Waals surface area contributed by atoms with Crippen LogP contribution in [-0.4, -0.2) is 45.5 Å². The summed E-state index contributed by atoms with van der Waals surface area (Å²) in [6.07, 6.45) is 1.49. The third-order valence-electron chi connectivity index (χ3n) is 8.42. The molecule has 0 spiro atoms. The van der Waals surface area contributed by atoms with Gasteiger partial charge in [0.15, 0.2) is 0 Å². The molecule has 1 unspecified atom stereocenters. The van der Waals surface area contributed by atoms with Crippen LogP contribution in [0, 0.1) is 11.6 Å². The van der Waals surface area contributed by atoms with Gasteiger partial charge in [-0.25, -0.2) is 8.78 Å². The third kappa shape index (κ3) is 4.31. The average Bonchev–Trinajstić information content (AvgIpc) is 3.93. The van der Waals surface area contributed by atoms with Crippen molar-refractivity contribution in [2.24, 2.45) is 0 Å². The van der Waals surface area contributed by atoms with E-state index in [1.165, 1.54) is 34.1 Å². The Labute approximate surface area is 240 Å². The van der Waals surface area contributed by atoms with Crippen LogP contribution in [0.4, 0.5) is 8.78 Å². The number of carbonyl (C=O) groups is 4. The van der Waals surface area contributed by atoms with E-state index < -0.39 is 0 Å². The van der Waals surface area contributed by atoms with E-state index in [9.17, 15) is 28.0 Å². The van der Waals surface area contributed by atoms with Gasteiger partial charge in [0.1, 0.15) is 11.6 Å². The topological polar surface area (TPSA) is 74.8 Å². The van der Waals surface area contributed by atoms with E-state index in [1.54, 1.807) is 72.8 Å². The molecule has 4 aromatic carbocycles. The van der Waals surface area contributed by atoms with Crippen molar-refractivity contribution in [3.63, 3.8) is 0 Å². The summed E-state index contributed by atoms with van der Waals surface area (Å²) in [6, 6.07) is 26.1. The van der Waals surface area contributed by atoms with Crippen molar-refractivity contribution in [3.8, 4) is 0 Å². The number of benzene rings is 4. The molecule has 0 saturated heterocycles. The van der Waals surface area contributed by atoms with Crippen molar-refractivity contribution in [1.29, 1.82) is 0 Å². The minimum absolute atomic E-state index is 0.108. The van der Waals surface area contributed by atoms with Gasteiger partial charge in [-0.2, -0.15) is 0 Å². The minimum Gasteiger partial charge on any atom is -0.271 e. The maximum atomic E-state index is 13.0. The Morgan fingerprint density at radius 1 is 0.452 bits per heavy atom. The summed E-state index contributed by atoms with van der Waals surface area (Å²) >= 11 is 0. The number of hydrogen-bond acceptors (Lipinski definition) is 4. The Morgan fingerprint density at radius 2 is 0.738 bits per heavy atom. The predicted octanol–water partition coefficient (Wildman–Crippen LogP) is 5.96. The van der Waals surface area contributed by atoms with Gasteiger partial charge < -0.3 is 0 Å². The fourth-order valence-corrected chi connectivity index (χ4v) is 6.09. The largest absolute Gasteiger partial charge is 0.271 e. The number of carbonyl (C=O) groups excluding carboxylic acids is 4. The van der Waals surface area contributed by atoms with Crippen molar-refractivity contribution in [2.45, 2.75) is 36.8 Å². The third-order valence-corrected chi connectivity index (χ3v) is 8.42. The number of halogens is 2. The van der Waals surface area contributed by atoms with Crippen LogP contribution in [-0.2, 0) is 0 Å². The zero-order valence-corrected chi connectivity index (χ0v) is 22.2. The van der Waals surface area contributed by atoms with Gasteiger partial charge in [0.25, 0.3) is 23.6 Å². The first-order valence-corrected chi connectivity index (χ1v) is 13.8. The molecule has 2 aliphatic carbocycles. The average molecular weight is 563 g/mol. The van der Waals surface area contributed by atoms with Crippen LogP contribution in [0.25, 0.3) is 0 Å². The summed E-state index contributed by atoms with van der Waals surface area (Å²) < 4.78 is 25.9. The molecule has 208 valence electrons. The van der Waals surface area contributed by atoms with Crippen molar-refractivity contribution in [1.82, 2.24) is 9.80 Å². The Hall–Kier alpha value is -4.98. The summed E-state index contributed by atoms with van der Waals surface area (Å²) in [6.45, 7) is 0. The standard InChI is InChI=1S/2C17H12FNO2/c2*18-11-7-5-10(6-8-11)14-9-15(14)19-16(20)12-3-1-2-4-13(12)17(19)21/h2*1-8,14-15H,9H2/t14-,15?;14-,15+/m10/s1. The molecular weight excluding hydrogens is 538 g/mol. The molecule has 4 aliphatic rings. The number of fused-ring (bicyclic) bond motifs is 2. The molecule has 2 saturated carbocycles. The maximum Gasteiger partial charge on any atom is 0.261 e. The van der Waals surface area contributed by atoms with E-state index in [-0.39, 0.29) is 59.2 Å². The van der Waals surface area contributed by atoms with Gasteiger partial charge in [-0.05, 0) is 72.5 Å². The Balaban J connectivity index is 0.000000137. The van der Waals surface area contributed by atoms with E-state index >= 15 is 0 Å². The van der Waals surface area contributed by atoms with Crippen molar-refractivity contribution < 1.29 is 28.0 Å². The van der Waals surface area contributed by atoms with Gasteiger partial charge in [0.05, 0.1) is 22.3 Å². The second-order valence-electron chi connectivity index (χ2n) is 11.0. The molecular formula is C34H24F2N2O4. The maximum absolute atomic E-state index is 13.0. The number of nitrogens with zero attached hydrogens (tertiary/aromatic N) is 2. The molecule has 2 fully saturated rings. The monoisotopic (exact) mass is 562 g/mol. The number of amides is 4. The van der Waals surface area contributed by atoms with Crippen molar-refractivity contribution in [3.05, 3.63) is 142 Å². The van der Waals surface area contributed by atoms with E-state index in [0.717, 1.165) is 24.0 Å². The first-order valence-electron chi connectivity index (χ1n) is 13.8. The van der Waals surface area contributed by atoms with Crippen LogP contribution < -0.4 is 0 Å². The molecule has 6 nitrogen and oxygen atoms in total. The molecule has 4 amide bonds. The van der Waals surface area contributed by atoms with Crippen molar-refractivity contribution >= 4 is 23.6 Å². The van der Waals surface area contributed by atoms with Gasteiger partial charge in [-0.3, -0.25) is 29.0 Å². The van der Waals surface area contributed by atoms with Gasteiger partial charge in [0, 0.05) is 23.9 Å². The van der Waals surface area contributed by atoms with E-state index in [2.05, 4.69) is 0 Å². The molecule has 4 aromatic rings. The Kier molecular flexibility index (Phi) is 6.08. The Bertz CT molecular complexity index is 1570. The molecule has 0 aromatic heterocycles. The SMILES string of the molecule is O=C1c2ccccc2C(=O)N1C1C[C@@H]1c1ccc(F)cc1.O=C1c2ccccc2C(=O)N1[C@@H]1C[C@H]1c1ccc(F)cc1. The fourth-order valence-electron chi connectivity index (χ4n) is 6.09. The van der Waals surface area contributed by atoms with E-state index in [0.29, 0.717) is 22.3 Å². The second kappa shape index (κ2) is 9.83. The lowest BCUT2D eigenvalue weighted by Crippen LogP contribution is -2.32. The summed E-state index contributed by atoms with van der Waals surface area (Å²) in [4.78, 5) is 52.2. The highest BCUT2D eigenvalue weighted by atomic mass is 19.1. The van der Waals surface area contributed by atoms with Gasteiger partial charge >= 0.3 is 0 Å². The molecule has 42 heavy (non-hydrogen) atoms. The molecule has 0 radical (unpaired) electrons. The molecule has 2 heterocycles. The van der Waals surface area contributed by atoms with Crippen LogP contribution in [0.1, 0.15) is 77.2 Å². The molecule has 4 atom stereocenters. The highest BCUT2D eigenvalue weighted by Gasteiger charge is 2.52. The molecule has 0 N–H and O–H groups in total. The molecule has 2 aliphatic heterocycles. The molecule has 8 heteroatoms. The summed E-state index contributed by atoms with van der Waals surface area (Å²) in [5, 5.41) is 0. The zero-order valence-electron chi connectivity index (χ0n) is 22.2. The lowest BCUT2D eigenvalue weighted by atomic mass is 10.1. The van der Waals surface area contributed by atoms with Crippen LogP contribution in [0.2, 0.25) is 0 Å². The van der Waals surface area contributed by atoms with Crippen LogP contribution in [0.15, 0.2) is 97.1 Å². The van der Waals surface area contributed by atoms with E-state index in [1.807, 2.05) is 0 Å². The van der Waals surface area contributed by atoms with Crippen LogP contribution >= 0.6 is 0 Å². The lowest BCUT2D eigenvalue weighted by molar-refractivity contribution is 0.0623. The number of rotatable bonds is 4. The summed E-state index contributed by atoms with van der Waals surface area (Å²) in [7, 11) is 0. The number of hydrogen-bond donors (Lipinski definition) is 0. The highest BCUT2D eigenvalue weighted by Crippen LogP contribution is 2.48. The van der Waals surface area contributed by atoms with Crippen molar-refractivity contribution in [2.75, 3.05) is 0 Å².